The van der Waals surface area contributed by atoms with Crippen molar-refractivity contribution in [2.24, 2.45) is 0 Å². The van der Waals surface area contributed by atoms with Crippen LogP contribution in [0.3, 0.4) is 0 Å². The normalized spacial score (nSPS) is 22.1. The Balaban J connectivity index is 1.77. The number of hydrogen-bond acceptors (Lipinski definition) is 6. The van der Waals surface area contributed by atoms with Gasteiger partial charge in [0.15, 0.2) is 5.82 Å². The molecular weight excluding hydrogens is 331 g/mol. The minimum atomic E-state index is -4.21. The first kappa shape index (κ1) is 16.0. The summed E-state index contributed by atoms with van der Waals surface area (Å²) in [5, 5.41) is 2.60. The number of ether oxygens (including phenoxy) is 1. The number of rotatable bonds is 3. The third kappa shape index (κ3) is 3.57. The van der Waals surface area contributed by atoms with Crippen LogP contribution in [-0.4, -0.2) is 48.0 Å². The first-order valence-corrected chi connectivity index (χ1v) is 8.01. The van der Waals surface area contributed by atoms with Crippen LogP contribution >= 0.6 is 11.8 Å². The van der Waals surface area contributed by atoms with Gasteiger partial charge in [-0.25, -0.2) is 19.6 Å². The van der Waals surface area contributed by atoms with Gasteiger partial charge in [-0.15, -0.1) is 11.8 Å². The highest BCUT2D eigenvalue weighted by Crippen LogP contribution is 2.38. The first-order valence-electron chi connectivity index (χ1n) is 6.96. The third-order valence-electron chi connectivity index (χ3n) is 3.53. The molecule has 0 bridgehead atoms. The summed E-state index contributed by atoms with van der Waals surface area (Å²) in [5.41, 5.74) is 0.611. The molecule has 0 spiro atoms. The first-order chi connectivity index (χ1) is 10.9. The molecule has 0 aliphatic carbocycles. The van der Waals surface area contributed by atoms with Gasteiger partial charge in [-0.3, -0.25) is 0 Å². The third-order valence-corrected chi connectivity index (χ3v) is 4.86. The molecule has 6 nitrogen and oxygen atoms in total. The molecule has 3 heterocycles. The molecule has 0 radical (unpaired) electrons. The molecule has 3 rings (SSSR count). The van der Waals surface area contributed by atoms with Crippen LogP contribution in [0, 0.1) is 6.92 Å². The van der Waals surface area contributed by atoms with Gasteiger partial charge in [0.1, 0.15) is 30.3 Å². The molecule has 0 saturated carbocycles. The second kappa shape index (κ2) is 6.34. The van der Waals surface area contributed by atoms with E-state index >= 15 is 0 Å². The van der Waals surface area contributed by atoms with E-state index < -0.39 is 17.5 Å². The van der Waals surface area contributed by atoms with Crippen LogP contribution in [0.25, 0.3) is 5.82 Å². The summed E-state index contributed by atoms with van der Waals surface area (Å²) in [6.45, 7) is 1.74. The zero-order valence-corrected chi connectivity index (χ0v) is 13.0. The fourth-order valence-electron chi connectivity index (χ4n) is 2.35. The van der Waals surface area contributed by atoms with Gasteiger partial charge < -0.3 is 4.74 Å². The molecule has 0 amide bonds. The average Bonchev–Trinajstić information content (AvgIpc) is 3.03. The molecule has 0 aromatic carbocycles. The topological polar surface area (TPSA) is 65.7 Å². The fraction of sp³-hybridized carbons (Fsp3) is 0.538. The van der Waals surface area contributed by atoms with Gasteiger partial charge in [0.25, 0.3) is 0 Å². The molecule has 23 heavy (non-hydrogen) atoms. The number of alkyl halides is 3. The van der Waals surface area contributed by atoms with Crippen LogP contribution < -0.4 is 4.74 Å². The van der Waals surface area contributed by atoms with Crippen LogP contribution in [0.4, 0.5) is 13.2 Å². The zero-order chi connectivity index (χ0) is 16.4. The number of hydrogen-bond donors (Lipinski definition) is 0. The number of nitrogens with zero attached hydrogens (tertiary/aromatic N) is 5. The quantitative estimate of drug-likeness (QED) is 0.852. The van der Waals surface area contributed by atoms with E-state index in [0.29, 0.717) is 23.6 Å². The van der Waals surface area contributed by atoms with E-state index in [2.05, 4.69) is 20.1 Å². The number of aromatic nitrogens is 5. The van der Waals surface area contributed by atoms with Gasteiger partial charge in [0, 0.05) is 6.42 Å². The highest BCUT2D eigenvalue weighted by Gasteiger charge is 2.43. The average molecular weight is 345 g/mol. The Bertz CT molecular complexity index is 664. The summed E-state index contributed by atoms with van der Waals surface area (Å²) in [6.07, 6.45) is -0.0858. The van der Waals surface area contributed by atoms with E-state index in [1.54, 1.807) is 6.92 Å². The molecule has 1 aliphatic rings. The molecule has 1 aliphatic heterocycles. The second-order valence-corrected chi connectivity index (χ2v) is 6.44. The lowest BCUT2D eigenvalue weighted by Gasteiger charge is -2.30. The van der Waals surface area contributed by atoms with Gasteiger partial charge in [-0.1, -0.05) is 0 Å². The lowest BCUT2D eigenvalue weighted by Crippen LogP contribution is -2.36. The van der Waals surface area contributed by atoms with Crippen molar-refractivity contribution in [1.29, 1.82) is 0 Å². The second-order valence-electron chi connectivity index (χ2n) is 5.13. The Morgan fingerprint density at radius 3 is 2.83 bits per heavy atom. The van der Waals surface area contributed by atoms with Crippen molar-refractivity contribution >= 4 is 11.8 Å². The smallest absolute Gasteiger partial charge is 0.400 e. The van der Waals surface area contributed by atoms with Crippen LogP contribution in [-0.2, 0) is 0 Å². The van der Waals surface area contributed by atoms with Gasteiger partial charge in [0.05, 0.1) is 5.56 Å². The van der Waals surface area contributed by atoms with Crippen molar-refractivity contribution < 1.29 is 17.9 Å². The zero-order valence-electron chi connectivity index (χ0n) is 12.2. The molecule has 1 fully saturated rings. The van der Waals surface area contributed by atoms with Crippen molar-refractivity contribution in [2.45, 2.75) is 37.3 Å². The van der Waals surface area contributed by atoms with Crippen LogP contribution in [0.5, 0.6) is 5.88 Å². The van der Waals surface area contributed by atoms with E-state index in [1.807, 2.05) is 0 Å². The maximum absolute atomic E-state index is 12.9. The van der Waals surface area contributed by atoms with E-state index in [1.165, 1.54) is 23.7 Å². The Morgan fingerprint density at radius 2 is 2.13 bits per heavy atom. The maximum atomic E-state index is 12.9. The van der Waals surface area contributed by atoms with Gasteiger partial charge in [-0.2, -0.15) is 18.3 Å². The van der Waals surface area contributed by atoms with Gasteiger partial charge in [0.2, 0.25) is 5.88 Å². The van der Waals surface area contributed by atoms with E-state index in [0.717, 1.165) is 11.8 Å². The van der Waals surface area contributed by atoms with E-state index in [4.69, 9.17) is 4.74 Å². The Kier molecular flexibility index (Phi) is 4.42. The molecule has 2 aromatic rings. The summed E-state index contributed by atoms with van der Waals surface area (Å²) in [6, 6.07) is 0. The van der Waals surface area contributed by atoms with Crippen LogP contribution in [0.2, 0.25) is 0 Å². The molecule has 0 N–H and O–H groups in total. The number of thioether (sulfide) groups is 1. The maximum Gasteiger partial charge on any atom is 0.400 e. The molecule has 2 atom stereocenters. The molecule has 124 valence electrons. The lowest BCUT2D eigenvalue weighted by atomic mass is 10.1. The highest BCUT2D eigenvalue weighted by molar-refractivity contribution is 8.00. The van der Waals surface area contributed by atoms with Crippen molar-refractivity contribution in [2.75, 3.05) is 5.75 Å². The predicted molar refractivity (Wildman–Crippen MR) is 77.6 cm³/mol. The standard InChI is InChI=1S/C13H14F3N5OS/c1-8-11(21-7-17-5-20-21)18-6-19-12(8)22-9-2-3-23-10(4-9)13(14,15)16/h5-7,9-10H,2-4H2,1H3. The summed E-state index contributed by atoms with van der Waals surface area (Å²) < 4.78 is 45.8. The fourth-order valence-corrected chi connectivity index (χ4v) is 3.58. The summed E-state index contributed by atoms with van der Waals surface area (Å²) in [5.74, 6) is 1.18. The van der Waals surface area contributed by atoms with Crippen molar-refractivity contribution in [1.82, 2.24) is 24.7 Å². The van der Waals surface area contributed by atoms with Crippen molar-refractivity contribution in [3.05, 3.63) is 24.5 Å². The SMILES string of the molecule is Cc1c(OC2CCSC(C(F)(F)F)C2)ncnc1-n1cncn1. The minimum Gasteiger partial charge on any atom is -0.474 e. The van der Waals surface area contributed by atoms with Gasteiger partial charge in [-0.05, 0) is 19.1 Å². The summed E-state index contributed by atoms with van der Waals surface area (Å²) >= 11 is 0.930. The Hall–Kier alpha value is -1.84. The largest absolute Gasteiger partial charge is 0.474 e. The highest BCUT2D eigenvalue weighted by atomic mass is 32.2. The monoisotopic (exact) mass is 345 g/mol. The van der Waals surface area contributed by atoms with Crippen LogP contribution in [0.1, 0.15) is 18.4 Å². The molecule has 1 saturated heterocycles. The molecule has 10 heteroatoms. The lowest BCUT2D eigenvalue weighted by molar-refractivity contribution is -0.134. The van der Waals surface area contributed by atoms with E-state index in [-0.39, 0.29) is 12.3 Å². The summed E-state index contributed by atoms with van der Waals surface area (Å²) in [7, 11) is 0. The van der Waals surface area contributed by atoms with Crippen LogP contribution in [0.15, 0.2) is 19.0 Å². The minimum absolute atomic E-state index is 0.0731. The number of halogens is 3. The van der Waals surface area contributed by atoms with Crippen molar-refractivity contribution in [3.63, 3.8) is 0 Å². The van der Waals surface area contributed by atoms with E-state index in [9.17, 15) is 13.2 Å². The Labute approximate surface area is 134 Å². The van der Waals surface area contributed by atoms with Gasteiger partial charge >= 0.3 is 6.18 Å². The Morgan fingerprint density at radius 1 is 1.30 bits per heavy atom. The predicted octanol–water partition coefficient (Wildman–Crippen LogP) is 2.57. The van der Waals surface area contributed by atoms with Crippen molar-refractivity contribution in [3.8, 4) is 11.7 Å². The molecule has 2 aromatic heterocycles. The molecular formula is C13H14F3N5OS. The summed E-state index contributed by atoms with van der Waals surface area (Å²) in [4.78, 5) is 12.0. The molecule has 2 unspecified atom stereocenters.